The zero-order valence-corrected chi connectivity index (χ0v) is 13.7. The third kappa shape index (κ3) is 2.45. The van der Waals surface area contributed by atoms with E-state index in [1.807, 2.05) is 30.3 Å². The van der Waals surface area contributed by atoms with Crippen LogP contribution in [0.25, 0.3) is 0 Å². The fraction of sp³-hybridized carbons (Fsp3) is 0.562. The second-order valence-corrected chi connectivity index (χ2v) is 6.92. The van der Waals surface area contributed by atoms with Gasteiger partial charge in [0.1, 0.15) is 5.54 Å². The van der Waals surface area contributed by atoms with Crippen molar-refractivity contribution in [3.63, 3.8) is 0 Å². The van der Waals surface area contributed by atoms with Gasteiger partial charge in [-0.1, -0.05) is 58.0 Å². The summed E-state index contributed by atoms with van der Waals surface area (Å²) in [7, 11) is 0. The SMILES string of the molecule is CC(N)(C(=O)NC1C(C)(C)C1(C)C)c1ccccc1.Cl. The molecule has 2 rings (SSSR count). The van der Waals surface area contributed by atoms with E-state index in [1.165, 1.54) is 0 Å². The minimum absolute atomic E-state index is 0. The van der Waals surface area contributed by atoms with E-state index in [-0.39, 0.29) is 35.2 Å². The van der Waals surface area contributed by atoms with E-state index in [1.54, 1.807) is 6.92 Å². The molecule has 0 spiro atoms. The van der Waals surface area contributed by atoms with Crippen LogP contribution in [-0.2, 0) is 10.3 Å². The van der Waals surface area contributed by atoms with Gasteiger partial charge < -0.3 is 11.1 Å². The Balaban J connectivity index is 0.00000200. The zero-order chi connectivity index (χ0) is 14.5. The molecule has 20 heavy (non-hydrogen) atoms. The number of hydrogen-bond donors (Lipinski definition) is 2. The van der Waals surface area contributed by atoms with Crippen LogP contribution >= 0.6 is 12.4 Å². The first kappa shape index (κ1) is 17.0. The first-order valence-electron chi connectivity index (χ1n) is 6.77. The van der Waals surface area contributed by atoms with Gasteiger partial charge in [0.15, 0.2) is 0 Å². The first-order chi connectivity index (χ1) is 8.62. The molecule has 0 aliphatic heterocycles. The Morgan fingerprint density at radius 1 is 1.15 bits per heavy atom. The average molecular weight is 297 g/mol. The molecule has 112 valence electrons. The smallest absolute Gasteiger partial charge is 0.244 e. The molecule has 1 saturated carbocycles. The van der Waals surface area contributed by atoms with Crippen LogP contribution in [0.15, 0.2) is 30.3 Å². The minimum Gasteiger partial charge on any atom is -0.350 e. The predicted molar refractivity (Wildman–Crippen MR) is 84.7 cm³/mol. The standard InChI is InChI=1S/C16H24N2O.ClH/c1-14(2)12(15(14,3)4)18-13(19)16(5,17)11-9-7-6-8-10-11;/h6-10,12H,17H2,1-5H3,(H,18,19);1H. The Labute approximate surface area is 127 Å². The molecule has 1 aromatic carbocycles. The number of amides is 1. The highest BCUT2D eigenvalue weighted by Gasteiger charge is 2.65. The van der Waals surface area contributed by atoms with E-state index in [0.717, 1.165) is 5.56 Å². The highest BCUT2D eigenvalue weighted by atomic mass is 35.5. The van der Waals surface area contributed by atoms with Crippen LogP contribution in [0.2, 0.25) is 0 Å². The normalized spacial score (nSPS) is 22.3. The number of benzene rings is 1. The van der Waals surface area contributed by atoms with Gasteiger partial charge in [0.2, 0.25) is 5.91 Å². The van der Waals surface area contributed by atoms with Gasteiger partial charge in [-0.2, -0.15) is 0 Å². The Morgan fingerprint density at radius 3 is 2.00 bits per heavy atom. The highest BCUT2D eigenvalue weighted by Crippen LogP contribution is 2.62. The maximum atomic E-state index is 12.5. The largest absolute Gasteiger partial charge is 0.350 e. The van der Waals surface area contributed by atoms with Crippen LogP contribution in [0.4, 0.5) is 0 Å². The van der Waals surface area contributed by atoms with Gasteiger partial charge in [0, 0.05) is 6.04 Å². The van der Waals surface area contributed by atoms with Gasteiger partial charge in [0.05, 0.1) is 0 Å². The third-order valence-corrected chi connectivity index (χ3v) is 5.14. The molecule has 3 nitrogen and oxygen atoms in total. The van der Waals surface area contributed by atoms with Crippen LogP contribution in [0.5, 0.6) is 0 Å². The summed E-state index contributed by atoms with van der Waals surface area (Å²) >= 11 is 0. The van der Waals surface area contributed by atoms with Crippen LogP contribution in [0.3, 0.4) is 0 Å². The third-order valence-electron chi connectivity index (χ3n) is 5.14. The van der Waals surface area contributed by atoms with Crippen molar-refractivity contribution in [3.8, 4) is 0 Å². The number of carbonyl (C=O) groups excluding carboxylic acids is 1. The number of halogens is 1. The number of hydrogen-bond acceptors (Lipinski definition) is 2. The number of nitrogens with one attached hydrogen (secondary N) is 1. The van der Waals surface area contributed by atoms with Crippen molar-refractivity contribution in [1.82, 2.24) is 5.32 Å². The van der Waals surface area contributed by atoms with Crippen molar-refractivity contribution in [1.29, 1.82) is 0 Å². The van der Waals surface area contributed by atoms with Gasteiger partial charge in [-0.25, -0.2) is 0 Å². The fourth-order valence-corrected chi connectivity index (χ4v) is 2.75. The Kier molecular flexibility index (Phi) is 4.29. The topological polar surface area (TPSA) is 55.1 Å². The number of nitrogens with two attached hydrogens (primary N) is 1. The summed E-state index contributed by atoms with van der Waals surface area (Å²) in [6.45, 7) is 10.5. The van der Waals surface area contributed by atoms with Crippen molar-refractivity contribution in [3.05, 3.63) is 35.9 Å². The summed E-state index contributed by atoms with van der Waals surface area (Å²) in [5.74, 6) is -0.109. The summed E-state index contributed by atoms with van der Waals surface area (Å²) in [6.07, 6.45) is 0. The molecule has 0 heterocycles. The van der Waals surface area contributed by atoms with E-state index in [9.17, 15) is 4.79 Å². The van der Waals surface area contributed by atoms with E-state index in [2.05, 4.69) is 33.0 Å². The maximum absolute atomic E-state index is 12.5. The lowest BCUT2D eigenvalue weighted by atomic mass is 9.92. The molecule has 4 heteroatoms. The maximum Gasteiger partial charge on any atom is 0.244 e. The van der Waals surface area contributed by atoms with Crippen molar-refractivity contribution in [2.24, 2.45) is 16.6 Å². The average Bonchev–Trinajstić information content (AvgIpc) is 2.72. The summed E-state index contributed by atoms with van der Waals surface area (Å²) in [5.41, 5.74) is 6.31. The fourth-order valence-electron chi connectivity index (χ4n) is 2.75. The monoisotopic (exact) mass is 296 g/mol. The highest BCUT2D eigenvalue weighted by molar-refractivity contribution is 5.87. The van der Waals surface area contributed by atoms with Gasteiger partial charge in [-0.3, -0.25) is 4.79 Å². The first-order valence-corrected chi connectivity index (χ1v) is 6.77. The lowest BCUT2D eigenvalue weighted by molar-refractivity contribution is -0.126. The summed E-state index contributed by atoms with van der Waals surface area (Å²) in [6, 6.07) is 9.69. The van der Waals surface area contributed by atoms with Crippen molar-refractivity contribution in [2.45, 2.75) is 46.2 Å². The quantitative estimate of drug-likeness (QED) is 0.901. The molecule has 1 amide bonds. The van der Waals surface area contributed by atoms with Crippen molar-refractivity contribution < 1.29 is 4.79 Å². The van der Waals surface area contributed by atoms with Crippen LogP contribution < -0.4 is 11.1 Å². The Bertz CT molecular complexity index is 480. The summed E-state index contributed by atoms with van der Waals surface area (Å²) < 4.78 is 0. The van der Waals surface area contributed by atoms with E-state index >= 15 is 0 Å². The van der Waals surface area contributed by atoms with Gasteiger partial charge in [-0.15, -0.1) is 12.4 Å². The van der Waals surface area contributed by atoms with Crippen molar-refractivity contribution in [2.75, 3.05) is 0 Å². The Hall–Kier alpha value is -1.06. The van der Waals surface area contributed by atoms with Gasteiger partial charge in [-0.05, 0) is 23.3 Å². The molecule has 0 saturated heterocycles. The summed E-state index contributed by atoms with van der Waals surface area (Å²) in [4.78, 5) is 12.5. The molecule has 1 fully saturated rings. The number of carbonyl (C=O) groups is 1. The van der Waals surface area contributed by atoms with E-state index in [0.29, 0.717) is 0 Å². The zero-order valence-electron chi connectivity index (χ0n) is 12.9. The molecule has 0 aromatic heterocycles. The lowest BCUT2D eigenvalue weighted by Gasteiger charge is -2.24. The van der Waals surface area contributed by atoms with E-state index in [4.69, 9.17) is 5.73 Å². The molecule has 0 radical (unpaired) electrons. The molecule has 1 atom stereocenters. The molecular formula is C16H25ClN2O. The Morgan fingerprint density at radius 2 is 1.60 bits per heavy atom. The molecule has 1 unspecified atom stereocenters. The lowest BCUT2D eigenvalue weighted by Crippen LogP contribution is -2.50. The van der Waals surface area contributed by atoms with Crippen molar-refractivity contribution >= 4 is 18.3 Å². The molecule has 1 aromatic rings. The minimum atomic E-state index is -0.990. The predicted octanol–water partition coefficient (Wildman–Crippen LogP) is 2.83. The molecule has 3 N–H and O–H groups in total. The van der Waals surface area contributed by atoms with Crippen LogP contribution in [0, 0.1) is 10.8 Å². The molecular weight excluding hydrogens is 272 g/mol. The van der Waals surface area contributed by atoms with Gasteiger partial charge in [0.25, 0.3) is 0 Å². The van der Waals surface area contributed by atoms with E-state index < -0.39 is 5.54 Å². The summed E-state index contributed by atoms with van der Waals surface area (Å²) in [5, 5.41) is 3.11. The second kappa shape index (κ2) is 5.05. The van der Waals surface area contributed by atoms with Gasteiger partial charge >= 0.3 is 0 Å². The number of rotatable bonds is 3. The molecule has 0 bridgehead atoms. The second-order valence-electron chi connectivity index (χ2n) is 6.92. The van der Waals surface area contributed by atoms with Crippen LogP contribution in [-0.4, -0.2) is 11.9 Å². The molecule has 1 aliphatic rings. The molecule has 1 aliphatic carbocycles. The van der Waals surface area contributed by atoms with Crippen LogP contribution in [0.1, 0.15) is 40.2 Å².